The quantitative estimate of drug-likeness (QED) is 0.876. The Balaban J connectivity index is 2.05. The minimum atomic E-state index is -0.882. The van der Waals surface area contributed by atoms with Gasteiger partial charge in [0.2, 0.25) is 0 Å². The first-order chi connectivity index (χ1) is 10.6. The third-order valence-electron chi connectivity index (χ3n) is 4.74. The Bertz CT molecular complexity index is 589. The average Bonchev–Trinajstić information content (AvgIpc) is 2.50. The van der Waals surface area contributed by atoms with Crippen molar-refractivity contribution in [3.8, 4) is 0 Å². The van der Waals surface area contributed by atoms with Gasteiger partial charge in [-0.05, 0) is 29.9 Å². The number of rotatable bonds is 2. The van der Waals surface area contributed by atoms with Gasteiger partial charge in [0, 0.05) is 5.92 Å². The van der Waals surface area contributed by atoms with Crippen LogP contribution in [0.1, 0.15) is 48.8 Å². The average molecular weight is 304 g/mol. The van der Waals surface area contributed by atoms with E-state index in [0.717, 1.165) is 36.8 Å². The molecule has 1 aromatic rings. The van der Waals surface area contributed by atoms with Crippen LogP contribution < -0.4 is 11.5 Å². The van der Waals surface area contributed by atoms with Crippen molar-refractivity contribution in [2.45, 2.75) is 43.8 Å². The highest BCUT2D eigenvalue weighted by Gasteiger charge is 2.47. The third-order valence-corrected chi connectivity index (χ3v) is 4.74. The van der Waals surface area contributed by atoms with Crippen LogP contribution in [0.5, 0.6) is 0 Å². The molecule has 4 N–H and O–H groups in total. The molecule has 4 unspecified atom stereocenters. The second-order valence-electron chi connectivity index (χ2n) is 5.94. The zero-order valence-corrected chi connectivity index (χ0v) is 12.2. The Kier molecular flexibility index (Phi) is 3.92. The van der Waals surface area contributed by atoms with Crippen molar-refractivity contribution < 1.29 is 19.1 Å². The van der Waals surface area contributed by atoms with Crippen LogP contribution in [0.25, 0.3) is 0 Å². The summed E-state index contributed by atoms with van der Waals surface area (Å²) in [6.07, 6.45) is 1.13. The van der Waals surface area contributed by atoms with E-state index in [1.807, 2.05) is 18.2 Å². The lowest BCUT2D eigenvalue weighted by molar-refractivity contribution is -0.0568. The monoisotopic (exact) mass is 304 g/mol. The Labute approximate surface area is 128 Å². The fourth-order valence-corrected chi connectivity index (χ4v) is 3.99. The van der Waals surface area contributed by atoms with E-state index in [1.165, 1.54) is 0 Å². The number of amides is 2. The molecule has 2 amide bonds. The molecule has 22 heavy (non-hydrogen) atoms. The first kappa shape index (κ1) is 14.7. The molecule has 1 saturated carbocycles. The highest BCUT2D eigenvalue weighted by atomic mass is 16.6. The molecule has 0 heterocycles. The van der Waals surface area contributed by atoms with E-state index in [1.54, 1.807) is 0 Å². The van der Waals surface area contributed by atoms with Gasteiger partial charge in [-0.15, -0.1) is 0 Å². The lowest BCUT2D eigenvalue weighted by atomic mass is 9.65. The maximum Gasteiger partial charge on any atom is 0.405 e. The van der Waals surface area contributed by atoms with E-state index in [-0.39, 0.29) is 5.92 Å². The molecule has 4 atom stereocenters. The Morgan fingerprint density at radius 1 is 0.955 bits per heavy atom. The number of nitrogens with two attached hydrogens (primary N) is 2. The van der Waals surface area contributed by atoms with Gasteiger partial charge in [0.05, 0.1) is 0 Å². The van der Waals surface area contributed by atoms with Crippen LogP contribution >= 0.6 is 0 Å². The zero-order chi connectivity index (χ0) is 15.7. The Hall–Kier alpha value is -2.24. The molecule has 1 aromatic carbocycles. The molecule has 0 aliphatic heterocycles. The van der Waals surface area contributed by atoms with E-state index >= 15 is 0 Å². The molecule has 6 nitrogen and oxygen atoms in total. The summed E-state index contributed by atoms with van der Waals surface area (Å²) in [6.45, 7) is 0. The standard InChI is InChI=1S/C16H20N2O4/c17-15(19)21-13-11-7-3-1-5-9(11)10-6-2-4-8-12(10)14(13)22-16(18)20/h1,3,5,7,10,12-14H,2,4,6,8H2,(H2,17,19)(H2,18,20). The predicted octanol–water partition coefficient (Wildman–Crippen LogP) is 2.57. The SMILES string of the molecule is NC(=O)OC1c2ccccc2C2CCCCC2C1OC(N)=O. The van der Waals surface area contributed by atoms with Crippen LogP contribution in [-0.4, -0.2) is 18.3 Å². The number of ether oxygens (including phenoxy) is 2. The van der Waals surface area contributed by atoms with Gasteiger partial charge in [0.1, 0.15) is 6.10 Å². The summed E-state index contributed by atoms with van der Waals surface area (Å²) < 4.78 is 10.6. The summed E-state index contributed by atoms with van der Waals surface area (Å²) in [5.74, 6) is 0.391. The highest BCUT2D eigenvalue weighted by molar-refractivity contribution is 5.66. The first-order valence-electron chi connectivity index (χ1n) is 7.59. The normalized spacial score (nSPS) is 29.8. The van der Waals surface area contributed by atoms with Gasteiger partial charge in [0.15, 0.2) is 6.10 Å². The summed E-state index contributed by atoms with van der Waals surface area (Å²) in [4.78, 5) is 22.6. The van der Waals surface area contributed by atoms with E-state index in [4.69, 9.17) is 20.9 Å². The van der Waals surface area contributed by atoms with Gasteiger partial charge in [0.25, 0.3) is 0 Å². The van der Waals surface area contributed by atoms with Crippen LogP contribution in [-0.2, 0) is 9.47 Å². The second kappa shape index (κ2) is 5.87. The van der Waals surface area contributed by atoms with Crippen molar-refractivity contribution in [2.75, 3.05) is 0 Å². The molecule has 1 fully saturated rings. The van der Waals surface area contributed by atoms with Gasteiger partial charge in [-0.3, -0.25) is 0 Å². The van der Waals surface area contributed by atoms with Crippen LogP contribution in [0.4, 0.5) is 9.59 Å². The molecule has 2 aliphatic carbocycles. The van der Waals surface area contributed by atoms with E-state index in [0.29, 0.717) is 5.92 Å². The third kappa shape index (κ3) is 2.61. The summed E-state index contributed by atoms with van der Waals surface area (Å²) in [5, 5.41) is 0. The van der Waals surface area contributed by atoms with E-state index in [9.17, 15) is 9.59 Å². The van der Waals surface area contributed by atoms with Crippen LogP contribution in [0.3, 0.4) is 0 Å². The maximum atomic E-state index is 11.3. The molecule has 0 radical (unpaired) electrons. The molecule has 0 spiro atoms. The molecule has 6 heteroatoms. The minimum Gasteiger partial charge on any atom is -0.442 e. The number of primary amides is 2. The molecule has 2 aliphatic rings. The predicted molar refractivity (Wildman–Crippen MR) is 79.0 cm³/mol. The number of hydrogen-bond acceptors (Lipinski definition) is 4. The van der Waals surface area contributed by atoms with Gasteiger partial charge in [-0.1, -0.05) is 37.1 Å². The van der Waals surface area contributed by atoms with Crippen molar-refractivity contribution in [1.29, 1.82) is 0 Å². The Morgan fingerprint density at radius 2 is 1.59 bits per heavy atom. The van der Waals surface area contributed by atoms with Crippen molar-refractivity contribution in [3.63, 3.8) is 0 Å². The smallest absolute Gasteiger partial charge is 0.405 e. The number of carbonyl (C=O) groups excluding carboxylic acids is 2. The number of benzene rings is 1. The molecule has 0 saturated heterocycles. The molecule has 3 rings (SSSR count). The van der Waals surface area contributed by atoms with Gasteiger partial charge >= 0.3 is 12.2 Å². The zero-order valence-electron chi connectivity index (χ0n) is 12.2. The van der Waals surface area contributed by atoms with Crippen molar-refractivity contribution in [1.82, 2.24) is 0 Å². The van der Waals surface area contributed by atoms with Gasteiger partial charge in [-0.25, -0.2) is 9.59 Å². The van der Waals surface area contributed by atoms with Crippen molar-refractivity contribution in [3.05, 3.63) is 35.4 Å². The summed E-state index contributed by atoms with van der Waals surface area (Å²) in [6, 6.07) is 7.79. The lowest BCUT2D eigenvalue weighted by Crippen LogP contribution is -2.44. The van der Waals surface area contributed by atoms with E-state index < -0.39 is 24.4 Å². The van der Waals surface area contributed by atoms with Crippen molar-refractivity contribution in [2.24, 2.45) is 17.4 Å². The van der Waals surface area contributed by atoms with Gasteiger partial charge in [-0.2, -0.15) is 0 Å². The number of hydrogen-bond donors (Lipinski definition) is 2. The van der Waals surface area contributed by atoms with Crippen LogP contribution in [0.15, 0.2) is 24.3 Å². The number of fused-ring (bicyclic) bond motifs is 3. The van der Waals surface area contributed by atoms with Gasteiger partial charge < -0.3 is 20.9 Å². The largest absolute Gasteiger partial charge is 0.442 e. The topological polar surface area (TPSA) is 105 Å². The first-order valence-corrected chi connectivity index (χ1v) is 7.59. The molecule has 118 valence electrons. The summed E-state index contributed by atoms with van der Waals surface area (Å²) >= 11 is 0. The summed E-state index contributed by atoms with van der Waals surface area (Å²) in [7, 11) is 0. The minimum absolute atomic E-state index is 0.0977. The van der Waals surface area contributed by atoms with Crippen LogP contribution in [0.2, 0.25) is 0 Å². The maximum absolute atomic E-state index is 11.3. The molecular weight excluding hydrogens is 284 g/mol. The Morgan fingerprint density at radius 3 is 2.27 bits per heavy atom. The van der Waals surface area contributed by atoms with E-state index in [2.05, 4.69) is 6.07 Å². The fraction of sp³-hybridized carbons (Fsp3) is 0.500. The lowest BCUT2D eigenvalue weighted by Gasteiger charge is -2.44. The molecule has 0 aromatic heterocycles. The fourth-order valence-electron chi connectivity index (χ4n) is 3.99. The molecular formula is C16H20N2O4. The molecule has 0 bridgehead atoms. The number of carbonyl (C=O) groups is 2. The highest BCUT2D eigenvalue weighted by Crippen LogP contribution is 2.50. The van der Waals surface area contributed by atoms with Crippen LogP contribution in [0, 0.1) is 5.92 Å². The summed E-state index contributed by atoms with van der Waals surface area (Å²) in [5.41, 5.74) is 12.4. The second-order valence-corrected chi connectivity index (χ2v) is 5.94. The van der Waals surface area contributed by atoms with Crippen molar-refractivity contribution >= 4 is 12.2 Å².